The van der Waals surface area contributed by atoms with Crippen molar-refractivity contribution in [2.75, 3.05) is 20.3 Å². The molecule has 1 N–H and O–H groups in total. The monoisotopic (exact) mass is 251 g/mol. The number of benzene rings is 1. The van der Waals surface area contributed by atoms with Crippen molar-refractivity contribution in [3.8, 4) is 11.5 Å². The number of aryl methyl sites for hydroxylation is 1. The van der Waals surface area contributed by atoms with E-state index >= 15 is 0 Å². The molecule has 0 aromatic heterocycles. The molecule has 3 heteroatoms. The van der Waals surface area contributed by atoms with Gasteiger partial charge < -0.3 is 14.8 Å². The maximum atomic E-state index is 5.77. The molecule has 0 saturated heterocycles. The smallest absolute Gasteiger partial charge is 0.161 e. The van der Waals surface area contributed by atoms with Crippen molar-refractivity contribution in [2.24, 2.45) is 0 Å². The van der Waals surface area contributed by atoms with Gasteiger partial charge in [-0.3, -0.25) is 0 Å². The summed E-state index contributed by atoms with van der Waals surface area (Å²) in [5.74, 6) is 1.63. The van der Waals surface area contributed by atoms with Gasteiger partial charge in [0, 0.05) is 6.04 Å². The molecular weight excluding hydrogens is 226 g/mol. The van der Waals surface area contributed by atoms with Gasteiger partial charge in [-0.1, -0.05) is 13.0 Å². The number of nitrogens with one attached hydrogen (secondary N) is 1. The first-order valence-electron chi connectivity index (χ1n) is 6.68. The number of ether oxygens (including phenoxy) is 2. The lowest BCUT2D eigenvalue weighted by Crippen LogP contribution is -2.28. The molecule has 1 aromatic rings. The first-order valence-corrected chi connectivity index (χ1v) is 6.68. The molecule has 0 saturated carbocycles. The molecule has 0 heterocycles. The molecule has 0 radical (unpaired) electrons. The maximum absolute atomic E-state index is 5.77. The summed E-state index contributed by atoms with van der Waals surface area (Å²) in [6.45, 7) is 8.17. The van der Waals surface area contributed by atoms with Crippen molar-refractivity contribution >= 4 is 0 Å². The molecule has 1 unspecified atom stereocenters. The van der Waals surface area contributed by atoms with E-state index in [9.17, 15) is 0 Å². The van der Waals surface area contributed by atoms with E-state index in [1.165, 1.54) is 5.56 Å². The summed E-state index contributed by atoms with van der Waals surface area (Å²) in [7, 11) is 1.67. The van der Waals surface area contributed by atoms with Crippen molar-refractivity contribution in [1.82, 2.24) is 5.32 Å². The van der Waals surface area contributed by atoms with E-state index in [0.29, 0.717) is 12.6 Å². The lowest BCUT2D eigenvalue weighted by atomic mass is 10.2. The zero-order valence-corrected chi connectivity index (χ0v) is 12.0. The molecule has 0 bridgehead atoms. The molecule has 0 amide bonds. The highest BCUT2D eigenvalue weighted by atomic mass is 16.5. The lowest BCUT2D eigenvalue weighted by Gasteiger charge is -2.15. The fourth-order valence-electron chi connectivity index (χ4n) is 1.73. The van der Waals surface area contributed by atoms with Crippen LogP contribution in [0.25, 0.3) is 0 Å². The second kappa shape index (κ2) is 7.98. The average Bonchev–Trinajstić information content (AvgIpc) is 2.37. The van der Waals surface area contributed by atoms with Crippen LogP contribution in [0, 0.1) is 6.92 Å². The highest BCUT2D eigenvalue weighted by molar-refractivity contribution is 5.42. The summed E-state index contributed by atoms with van der Waals surface area (Å²) >= 11 is 0. The Morgan fingerprint density at radius 2 is 2.06 bits per heavy atom. The third-order valence-electron chi connectivity index (χ3n) is 2.87. The third-order valence-corrected chi connectivity index (χ3v) is 2.87. The molecule has 1 atom stereocenters. The number of rotatable bonds is 8. The Labute approximate surface area is 110 Å². The third kappa shape index (κ3) is 4.96. The van der Waals surface area contributed by atoms with Crippen molar-refractivity contribution in [1.29, 1.82) is 0 Å². The molecular formula is C15H25NO2. The van der Waals surface area contributed by atoms with Crippen LogP contribution < -0.4 is 14.8 Å². The van der Waals surface area contributed by atoms with E-state index in [-0.39, 0.29) is 0 Å². The van der Waals surface area contributed by atoms with Gasteiger partial charge in [0.15, 0.2) is 11.5 Å². The van der Waals surface area contributed by atoms with Gasteiger partial charge >= 0.3 is 0 Å². The predicted octanol–water partition coefficient (Wildman–Crippen LogP) is 3.16. The van der Waals surface area contributed by atoms with Gasteiger partial charge in [0.25, 0.3) is 0 Å². The minimum atomic E-state index is 0.487. The first kappa shape index (κ1) is 14.8. The summed E-state index contributed by atoms with van der Waals surface area (Å²) in [5.41, 5.74) is 1.18. The van der Waals surface area contributed by atoms with Crippen LogP contribution >= 0.6 is 0 Å². The van der Waals surface area contributed by atoms with Crippen LogP contribution in [0.15, 0.2) is 18.2 Å². The van der Waals surface area contributed by atoms with Crippen LogP contribution in [-0.4, -0.2) is 26.3 Å². The van der Waals surface area contributed by atoms with Crippen LogP contribution in [0.5, 0.6) is 11.5 Å². The quantitative estimate of drug-likeness (QED) is 0.770. The molecule has 0 aliphatic heterocycles. The average molecular weight is 251 g/mol. The number of hydrogen-bond acceptors (Lipinski definition) is 3. The van der Waals surface area contributed by atoms with Gasteiger partial charge in [0.1, 0.15) is 0 Å². The van der Waals surface area contributed by atoms with E-state index in [0.717, 1.165) is 30.9 Å². The Kier molecular flexibility index (Phi) is 6.58. The van der Waals surface area contributed by atoms with Crippen molar-refractivity contribution in [3.63, 3.8) is 0 Å². The molecule has 0 aliphatic carbocycles. The molecule has 0 aliphatic rings. The Balaban J connectivity index is 2.39. The summed E-state index contributed by atoms with van der Waals surface area (Å²) in [6.07, 6.45) is 2.16. The minimum absolute atomic E-state index is 0.487. The summed E-state index contributed by atoms with van der Waals surface area (Å²) in [6, 6.07) is 6.49. The molecule has 102 valence electrons. The molecule has 0 spiro atoms. The summed E-state index contributed by atoms with van der Waals surface area (Å²) in [5, 5.41) is 3.45. The highest BCUT2D eigenvalue weighted by Crippen LogP contribution is 2.27. The van der Waals surface area contributed by atoms with E-state index in [4.69, 9.17) is 9.47 Å². The van der Waals surface area contributed by atoms with Gasteiger partial charge in [0.05, 0.1) is 13.7 Å². The summed E-state index contributed by atoms with van der Waals surface area (Å²) < 4.78 is 11.1. The maximum Gasteiger partial charge on any atom is 0.161 e. The molecule has 1 rings (SSSR count). The topological polar surface area (TPSA) is 30.5 Å². The normalized spacial score (nSPS) is 12.2. The second-order valence-electron chi connectivity index (χ2n) is 4.65. The molecule has 0 fully saturated rings. The SMILES string of the molecule is CCCNC(C)CCOc1ccc(C)cc1OC. The molecule has 3 nitrogen and oxygen atoms in total. The fourth-order valence-corrected chi connectivity index (χ4v) is 1.73. The van der Waals surface area contributed by atoms with Gasteiger partial charge in [-0.25, -0.2) is 0 Å². The van der Waals surface area contributed by atoms with Crippen LogP contribution in [-0.2, 0) is 0 Å². The van der Waals surface area contributed by atoms with E-state index in [2.05, 4.69) is 19.2 Å². The van der Waals surface area contributed by atoms with E-state index in [1.807, 2.05) is 25.1 Å². The molecule has 1 aromatic carbocycles. The van der Waals surface area contributed by atoms with Crippen LogP contribution in [0.2, 0.25) is 0 Å². The molecule has 18 heavy (non-hydrogen) atoms. The van der Waals surface area contributed by atoms with Gasteiger partial charge in [-0.05, 0) is 50.9 Å². The fraction of sp³-hybridized carbons (Fsp3) is 0.600. The Morgan fingerprint density at radius 3 is 2.72 bits per heavy atom. The van der Waals surface area contributed by atoms with Gasteiger partial charge in [-0.15, -0.1) is 0 Å². The highest BCUT2D eigenvalue weighted by Gasteiger charge is 2.05. The lowest BCUT2D eigenvalue weighted by molar-refractivity contribution is 0.274. The van der Waals surface area contributed by atoms with Gasteiger partial charge in [-0.2, -0.15) is 0 Å². The van der Waals surface area contributed by atoms with Crippen LogP contribution in [0.1, 0.15) is 32.3 Å². The van der Waals surface area contributed by atoms with Crippen molar-refractivity contribution in [3.05, 3.63) is 23.8 Å². The predicted molar refractivity (Wildman–Crippen MR) is 75.6 cm³/mol. The first-order chi connectivity index (χ1) is 8.67. The standard InChI is InChI=1S/C15H25NO2/c1-5-9-16-13(3)8-10-18-14-7-6-12(2)11-15(14)17-4/h6-7,11,13,16H,5,8-10H2,1-4H3. The minimum Gasteiger partial charge on any atom is -0.493 e. The Bertz CT molecular complexity index is 352. The van der Waals surface area contributed by atoms with Crippen molar-refractivity contribution < 1.29 is 9.47 Å². The van der Waals surface area contributed by atoms with Gasteiger partial charge in [0.2, 0.25) is 0 Å². The second-order valence-corrected chi connectivity index (χ2v) is 4.65. The van der Waals surface area contributed by atoms with Crippen LogP contribution in [0.4, 0.5) is 0 Å². The summed E-state index contributed by atoms with van der Waals surface area (Å²) in [4.78, 5) is 0. The Hall–Kier alpha value is -1.22. The van der Waals surface area contributed by atoms with Crippen LogP contribution in [0.3, 0.4) is 0 Å². The van der Waals surface area contributed by atoms with Crippen molar-refractivity contribution in [2.45, 2.75) is 39.7 Å². The van der Waals surface area contributed by atoms with E-state index in [1.54, 1.807) is 7.11 Å². The zero-order chi connectivity index (χ0) is 13.4. The number of hydrogen-bond donors (Lipinski definition) is 1. The zero-order valence-electron chi connectivity index (χ0n) is 12.0. The Morgan fingerprint density at radius 1 is 1.28 bits per heavy atom. The largest absolute Gasteiger partial charge is 0.493 e. The number of methoxy groups -OCH3 is 1. The van der Waals surface area contributed by atoms with E-state index < -0.39 is 0 Å².